The maximum Gasteiger partial charge on any atom is 0.309 e. The van der Waals surface area contributed by atoms with Gasteiger partial charge in [-0.2, -0.15) is 0 Å². The van der Waals surface area contributed by atoms with Crippen molar-refractivity contribution in [3.63, 3.8) is 0 Å². The molecule has 0 atom stereocenters. The van der Waals surface area contributed by atoms with Crippen LogP contribution in [0.25, 0.3) is 11.1 Å². The Bertz CT molecular complexity index is 650. The Kier molecular flexibility index (Phi) is 5.73. The molecule has 3 heteroatoms. The normalized spacial score (nSPS) is 10.5. The Balaban J connectivity index is 2.34. The fourth-order valence-electron chi connectivity index (χ4n) is 2.50. The molecule has 2 aromatic carbocycles. The van der Waals surface area contributed by atoms with E-state index in [0.29, 0.717) is 6.42 Å². The van der Waals surface area contributed by atoms with E-state index in [4.69, 9.17) is 4.74 Å². The van der Waals surface area contributed by atoms with Crippen molar-refractivity contribution in [2.24, 2.45) is 0 Å². The molecule has 2 aromatic rings. The number of rotatable bonds is 6. The van der Waals surface area contributed by atoms with Crippen molar-refractivity contribution < 1.29 is 9.53 Å². The standard InChI is InChI=1S/C19H23NO2/c1-4-20-13-17-10-14(2)8-9-18(17)16-7-5-6-15(11-16)12-19(21)22-3/h5-11,20H,4,12-13H2,1-3H3. The van der Waals surface area contributed by atoms with Gasteiger partial charge in [0.15, 0.2) is 0 Å². The minimum atomic E-state index is -0.214. The van der Waals surface area contributed by atoms with E-state index in [-0.39, 0.29) is 5.97 Å². The third-order valence-corrected chi connectivity index (χ3v) is 3.64. The number of hydrogen-bond donors (Lipinski definition) is 1. The maximum absolute atomic E-state index is 11.4. The molecule has 0 heterocycles. The highest BCUT2D eigenvalue weighted by atomic mass is 16.5. The van der Waals surface area contributed by atoms with Crippen LogP contribution in [-0.2, 0) is 22.5 Å². The molecule has 0 saturated carbocycles. The van der Waals surface area contributed by atoms with Crippen molar-refractivity contribution in [2.45, 2.75) is 26.8 Å². The summed E-state index contributed by atoms with van der Waals surface area (Å²) in [6.45, 7) is 5.99. The zero-order valence-corrected chi connectivity index (χ0v) is 13.5. The number of hydrogen-bond acceptors (Lipinski definition) is 3. The van der Waals surface area contributed by atoms with Crippen LogP contribution in [0.15, 0.2) is 42.5 Å². The van der Waals surface area contributed by atoms with E-state index >= 15 is 0 Å². The van der Waals surface area contributed by atoms with E-state index < -0.39 is 0 Å². The number of benzene rings is 2. The average Bonchev–Trinajstić information content (AvgIpc) is 2.53. The molecule has 2 rings (SSSR count). The Morgan fingerprint density at radius 3 is 2.73 bits per heavy atom. The number of nitrogens with one attached hydrogen (secondary N) is 1. The molecule has 0 fully saturated rings. The zero-order valence-electron chi connectivity index (χ0n) is 13.5. The molecule has 3 nitrogen and oxygen atoms in total. The van der Waals surface area contributed by atoms with Gasteiger partial charge in [0.25, 0.3) is 0 Å². The molecule has 0 aliphatic carbocycles. The fourth-order valence-corrected chi connectivity index (χ4v) is 2.50. The molecule has 0 aromatic heterocycles. The van der Waals surface area contributed by atoms with Gasteiger partial charge >= 0.3 is 5.97 Å². The van der Waals surface area contributed by atoms with Crippen LogP contribution >= 0.6 is 0 Å². The summed E-state index contributed by atoms with van der Waals surface area (Å²) in [5, 5.41) is 3.38. The predicted octanol–water partition coefficient (Wildman–Crippen LogP) is 3.49. The summed E-state index contributed by atoms with van der Waals surface area (Å²) in [7, 11) is 1.42. The first-order chi connectivity index (χ1) is 10.6. The summed E-state index contributed by atoms with van der Waals surface area (Å²) in [5.74, 6) is -0.214. The number of methoxy groups -OCH3 is 1. The third kappa shape index (κ3) is 4.18. The van der Waals surface area contributed by atoms with Gasteiger partial charge in [0.1, 0.15) is 0 Å². The molecular formula is C19H23NO2. The van der Waals surface area contributed by atoms with Crippen molar-refractivity contribution in [1.29, 1.82) is 0 Å². The number of esters is 1. The van der Waals surface area contributed by atoms with E-state index in [1.807, 2.05) is 12.1 Å². The third-order valence-electron chi connectivity index (χ3n) is 3.64. The van der Waals surface area contributed by atoms with Gasteiger partial charge in [0.05, 0.1) is 13.5 Å². The lowest BCUT2D eigenvalue weighted by molar-refractivity contribution is -0.139. The van der Waals surface area contributed by atoms with Gasteiger partial charge in [-0.05, 0) is 35.7 Å². The van der Waals surface area contributed by atoms with Crippen molar-refractivity contribution in [3.05, 3.63) is 59.2 Å². The highest BCUT2D eigenvalue weighted by molar-refractivity contribution is 5.74. The fraction of sp³-hybridized carbons (Fsp3) is 0.316. The molecular weight excluding hydrogens is 274 g/mol. The Morgan fingerprint density at radius 1 is 1.18 bits per heavy atom. The van der Waals surface area contributed by atoms with Crippen LogP contribution in [0.4, 0.5) is 0 Å². The van der Waals surface area contributed by atoms with E-state index in [2.05, 4.69) is 49.5 Å². The van der Waals surface area contributed by atoms with Gasteiger partial charge in [-0.1, -0.05) is 55.0 Å². The van der Waals surface area contributed by atoms with E-state index in [1.165, 1.54) is 23.8 Å². The first-order valence-electron chi connectivity index (χ1n) is 7.60. The first-order valence-corrected chi connectivity index (χ1v) is 7.60. The largest absolute Gasteiger partial charge is 0.469 e. The molecule has 0 unspecified atom stereocenters. The number of ether oxygens (including phenoxy) is 1. The predicted molar refractivity (Wildman–Crippen MR) is 89.7 cm³/mol. The van der Waals surface area contributed by atoms with Gasteiger partial charge < -0.3 is 10.1 Å². The van der Waals surface area contributed by atoms with Crippen LogP contribution < -0.4 is 5.32 Å². The molecule has 22 heavy (non-hydrogen) atoms. The van der Waals surface area contributed by atoms with Crippen LogP contribution in [0.3, 0.4) is 0 Å². The second kappa shape index (κ2) is 7.76. The summed E-state index contributed by atoms with van der Waals surface area (Å²) in [4.78, 5) is 11.4. The molecule has 0 bridgehead atoms. The molecule has 1 N–H and O–H groups in total. The van der Waals surface area contributed by atoms with Gasteiger partial charge in [0, 0.05) is 6.54 Å². The highest BCUT2D eigenvalue weighted by Crippen LogP contribution is 2.26. The monoisotopic (exact) mass is 297 g/mol. The second-order valence-corrected chi connectivity index (χ2v) is 5.39. The van der Waals surface area contributed by atoms with Crippen LogP contribution in [-0.4, -0.2) is 19.6 Å². The van der Waals surface area contributed by atoms with E-state index in [9.17, 15) is 4.79 Å². The Hall–Kier alpha value is -2.13. The summed E-state index contributed by atoms with van der Waals surface area (Å²) in [6.07, 6.45) is 0.304. The molecule has 0 amide bonds. The maximum atomic E-state index is 11.4. The van der Waals surface area contributed by atoms with Gasteiger partial charge in [-0.3, -0.25) is 4.79 Å². The van der Waals surface area contributed by atoms with Crippen LogP contribution in [0.1, 0.15) is 23.6 Å². The van der Waals surface area contributed by atoms with Gasteiger partial charge in [-0.15, -0.1) is 0 Å². The topological polar surface area (TPSA) is 38.3 Å². The lowest BCUT2D eigenvalue weighted by Gasteiger charge is -2.12. The lowest BCUT2D eigenvalue weighted by Crippen LogP contribution is -2.12. The van der Waals surface area contributed by atoms with E-state index in [0.717, 1.165) is 24.2 Å². The SMILES string of the molecule is CCNCc1cc(C)ccc1-c1cccc(CC(=O)OC)c1. The second-order valence-electron chi connectivity index (χ2n) is 5.39. The summed E-state index contributed by atoms with van der Waals surface area (Å²) in [6, 6.07) is 14.6. The average molecular weight is 297 g/mol. The molecule has 0 aliphatic heterocycles. The van der Waals surface area contributed by atoms with Crippen molar-refractivity contribution in [1.82, 2.24) is 5.32 Å². The molecule has 0 radical (unpaired) electrons. The molecule has 116 valence electrons. The highest BCUT2D eigenvalue weighted by Gasteiger charge is 2.08. The lowest BCUT2D eigenvalue weighted by atomic mass is 9.96. The minimum Gasteiger partial charge on any atom is -0.469 e. The minimum absolute atomic E-state index is 0.214. The Labute approximate surface area is 132 Å². The Morgan fingerprint density at radius 2 is 2.00 bits per heavy atom. The van der Waals surface area contributed by atoms with Crippen molar-refractivity contribution >= 4 is 5.97 Å². The van der Waals surface area contributed by atoms with Crippen molar-refractivity contribution in [3.8, 4) is 11.1 Å². The molecule has 0 aliphatic rings. The summed E-state index contributed by atoms with van der Waals surface area (Å²) in [5.41, 5.74) is 5.84. The van der Waals surface area contributed by atoms with Gasteiger partial charge in [0.2, 0.25) is 0 Å². The zero-order chi connectivity index (χ0) is 15.9. The van der Waals surface area contributed by atoms with Crippen LogP contribution in [0.5, 0.6) is 0 Å². The molecule has 0 spiro atoms. The molecule has 0 saturated heterocycles. The summed E-state index contributed by atoms with van der Waals surface area (Å²) < 4.78 is 4.74. The van der Waals surface area contributed by atoms with Gasteiger partial charge in [-0.25, -0.2) is 0 Å². The smallest absolute Gasteiger partial charge is 0.309 e. The quantitative estimate of drug-likeness (QED) is 0.830. The van der Waals surface area contributed by atoms with Crippen LogP contribution in [0.2, 0.25) is 0 Å². The number of carbonyl (C=O) groups is 1. The van der Waals surface area contributed by atoms with E-state index in [1.54, 1.807) is 0 Å². The number of aryl methyl sites for hydroxylation is 1. The first kappa shape index (κ1) is 16.2. The van der Waals surface area contributed by atoms with Crippen LogP contribution in [0, 0.1) is 6.92 Å². The number of carbonyl (C=O) groups excluding carboxylic acids is 1. The van der Waals surface area contributed by atoms with Crippen molar-refractivity contribution in [2.75, 3.05) is 13.7 Å². The summed E-state index contributed by atoms with van der Waals surface area (Å²) >= 11 is 0.